The van der Waals surface area contributed by atoms with Crippen molar-refractivity contribution in [1.82, 2.24) is 5.32 Å². The summed E-state index contributed by atoms with van der Waals surface area (Å²) in [5.74, 6) is 0.591. The van der Waals surface area contributed by atoms with Crippen molar-refractivity contribution in [3.8, 4) is 0 Å². The van der Waals surface area contributed by atoms with Crippen molar-refractivity contribution in [1.29, 1.82) is 0 Å². The number of hydrogen-bond donors (Lipinski definition) is 1. The van der Waals surface area contributed by atoms with E-state index >= 15 is 0 Å². The molecule has 1 aliphatic rings. The third kappa shape index (κ3) is 3.37. The van der Waals surface area contributed by atoms with Gasteiger partial charge in [-0.1, -0.05) is 30.7 Å². The van der Waals surface area contributed by atoms with Crippen LogP contribution in [0, 0.1) is 19.8 Å². The van der Waals surface area contributed by atoms with Crippen molar-refractivity contribution in [3.05, 3.63) is 34.9 Å². The maximum atomic E-state index is 5.77. The molecule has 106 valence electrons. The summed E-state index contributed by atoms with van der Waals surface area (Å²) in [4.78, 5) is 0. The van der Waals surface area contributed by atoms with Crippen molar-refractivity contribution < 1.29 is 4.74 Å². The monoisotopic (exact) mass is 261 g/mol. The van der Waals surface area contributed by atoms with Crippen molar-refractivity contribution in [3.63, 3.8) is 0 Å². The van der Waals surface area contributed by atoms with Crippen LogP contribution in [0.5, 0.6) is 0 Å². The zero-order chi connectivity index (χ0) is 13.8. The van der Waals surface area contributed by atoms with E-state index in [1.54, 1.807) is 0 Å². The molecule has 19 heavy (non-hydrogen) atoms. The van der Waals surface area contributed by atoms with Crippen LogP contribution in [-0.2, 0) is 4.74 Å². The summed E-state index contributed by atoms with van der Waals surface area (Å²) in [6.07, 6.45) is 2.69. The van der Waals surface area contributed by atoms with Crippen molar-refractivity contribution in [2.75, 3.05) is 13.2 Å². The average molecular weight is 261 g/mol. The lowest BCUT2D eigenvalue weighted by Gasteiger charge is -2.29. The number of nitrogens with one attached hydrogen (secondary N) is 1. The fraction of sp³-hybridized carbons (Fsp3) is 0.647. The maximum Gasteiger partial charge on any atom is 0.0594 e. The Bertz CT molecular complexity index is 416. The van der Waals surface area contributed by atoms with E-state index in [0.717, 1.165) is 19.6 Å². The smallest absolute Gasteiger partial charge is 0.0594 e. The number of rotatable bonds is 5. The van der Waals surface area contributed by atoms with Crippen molar-refractivity contribution >= 4 is 0 Å². The second-order valence-corrected chi connectivity index (χ2v) is 5.82. The average Bonchev–Trinajstić information content (AvgIpc) is 2.78. The van der Waals surface area contributed by atoms with Crippen LogP contribution in [0.25, 0.3) is 0 Å². The minimum absolute atomic E-state index is 0.357. The predicted octanol–water partition coefficient (Wildman–Crippen LogP) is 3.77. The summed E-state index contributed by atoms with van der Waals surface area (Å²) in [5, 5.41) is 3.74. The van der Waals surface area contributed by atoms with E-state index in [4.69, 9.17) is 4.74 Å². The van der Waals surface area contributed by atoms with E-state index < -0.39 is 0 Å². The Morgan fingerprint density at radius 3 is 2.74 bits per heavy atom. The summed E-state index contributed by atoms with van der Waals surface area (Å²) >= 11 is 0. The first-order chi connectivity index (χ1) is 9.13. The first-order valence-electron chi connectivity index (χ1n) is 7.55. The van der Waals surface area contributed by atoms with E-state index in [9.17, 15) is 0 Å². The molecule has 0 aliphatic carbocycles. The standard InChI is InChI=1S/C17H27NO/c1-5-9-18-17(16-8-10-19-14(16)4)15-7-6-12(2)11-13(15)3/h6-7,11,14,16-18H,5,8-10H2,1-4H3. The Morgan fingerprint density at radius 2 is 2.16 bits per heavy atom. The number of hydrogen-bond acceptors (Lipinski definition) is 2. The van der Waals surface area contributed by atoms with Gasteiger partial charge >= 0.3 is 0 Å². The summed E-state index contributed by atoms with van der Waals surface area (Å²) < 4.78 is 5.77. The highest BCUT2D eigenvalue weighted by Gasteiger charge is 2.33. The van der Waals surface area contributed by atoms with Gasteiger partial charge in [-0.25, -0.2) is 0 Å². The molecule has 1 heterocycles. The van der Waals surface area contributed by atoms with Crippen LogP contribution < -0.4 is 5.32 Å². The van der Waals surface area contributed by atoms with Gasteiger partial charge in [0, 0.05) is 18.6 Å². The topological polar surface area (TPSA) is 21.3 Å². The molecule has 1 aromatic carbocycles. The Hall–Kier alpha value is -0.860. The largest absolute Gasteiger partial charge is 0.378 e. The zero-order valence-electron chi connectivity index (χ0n) is 12.7. The molecule has 1 aromatic rings. The maximum absolute atomic E-state index is 5.77. The third-order valence-electron chi connectivity index (χ3n) is 4.24. The van der Waals surface area contributed by atoms with Crippen LogP contribution in [0.15, 0.2) is 18.2 Å². The summed E-state index contributed by atoms with van der Waals surface area (Å²) in [6, 6.07) is 7.24. The molecule has 0 bridgehead atoms. The van der Waals surface area contributed by atoms with Crippen LogP contribution in [0.2, 0.25) is 0 Å². The van der Waals surface area contributed by atoms with Gasteiger partial charge in [0.05, 0.1) is 6.10 Å². The summed E-state index contributed by atoms with van der Waals surface area (Å²) in [5.41, 5.74) is 4.18. The first kappa shape index (κ1) is 14.5. The fourth-order valence-electron chi connectivity index (χ4n) is 3.15. The van der Waals surface area contributed by atoms with E-state index in [2.05, 4.69) is 51.2 Å². The molecule has 0 aromatic heterocycles. The molecular weight excluding hydrogens is 234 g/mol. The quantitative estimate of drug-likeness (QED) is 0.871. The van der Waals surface area contributed by atoms with E-state index in [0.29, 0.717) is 18.1 Å². The molecule has 1 N–H and O–H groups in total. The Kier molecular flexibility index (Phi) is 5.00. The lowest BCUT2D eigenvalue weighted by molar-refractivity contribution is 0.0953. The molecule has 0 spiro atoms. The lowest BCUT2D eigenvalue weighted by atomic mass is 9.85. The number of benzene rings is 1. The fourth-order valence-corrected chi connectivity index (χ4v) is 3.15. The van der Waals surface area contributed by atoms with Gasteiger partial charge in [0.15, 0.2) is 0 Å². The van der Waals surface area contributed by atoms with Gasteiger partial charge in [-0.15, -0.1) is 0 Å². The molecule has 3 unspecified atom stereocenters. The van der Waals surface area contributed by atoms with Crippen molar-refractivity contribution in [2.24, 2.45) is 5.92 Å². The lowest BCUT2D eigenvalue weighted by Crippen LogP contribution is -2.33. The van der Waals surface area contributed by atoms with Gasteiger partial charge in [0.25, 0.3) is 0 Å². The second-order valence-electron chi connectivity index (χ2n) is 5.82. The summed E-state index contributed by atoms with van der Waals surface area (Å²) in [7, 11) is 0. The van der Waals surface area contributed by atoms with Gasteiger partial charge in [0.2, 0.25) is 0 Å². The molecule has 1 saturated heterocycles. The molecule has 0 amide bonds. The van der Waals surface area contributed by atoms with E-state index in [1.807, 2.05) is 0 Å². The molecule has 1 fully saturated rings. The van der Waals surface area contributed by atoms with Gasteiger partial charge in [-0.3, -0.25) is 0 Å². The SMILES string of the molecule is CCCNC(c1ccc(C)cc1C)C1CCOC1C. The molecule has 0 radical (unpaired) electrons. The molecule has 3 atom stereocenters. The molecule has 0 saturated carbocycles. The van der Waals surface area contributed by atoms with Crippen molar-refractivity contribution in [2.45, 2.75) is 52.7 Å². The van der Waals surface area contributed by atoms with Crippen LogP contribution in [0.4, 0.5) is 0 Å². The molecular formula is C17H27NO. The normalized spacial score (nSPS) is 24.6. The zero-order valence-corrected chi connectivity index (χ0v) is 12.7. The molecule has 2 nitrogen and oxygen atoms in total. The third-order valence-corrected chi connectivity index (χ3v) is 4.24. The molecule has 2 rings (SSSR count). The van der Waals surface area contributed by atoms with Crippen LogP contribution in [-0.4, -0.2) is 19.3 Å². The van der Waals surface area contributed by atoms with Gasteiger partial charge in [0.1, 0.15) is 0 Å². The predicted molar refractivity (Wildman–Crippen MR) is 80.5 cm³/mol. The Morgan fingerprint density at radius 1 is 1.37 bits per heavy atom. The van der Waals surface area contributed by atoms with Crippen LogP contribution >= 0.6 is 0 Å². The highest BCUT2D eigenvalue weighted by molar-refractivity contribution is 5.33. The van der Waals surface area contributed by atoms with Crippen LogP contribution in [0.1, 0.15) is 49.4 Å². The Labute approximate surface area is 117 Å². The highest BCUT2D eigenvalue weighted by atomic mass is 16.5. The minimum Gasteiger partial charge on any atom is -0.378 e. The van der Waals surface area contributed by atoms with E-state index in [-0.39, 0.29) is 0 Å². The van der Waals surface area contributed by atoms with Gasteiger partial charge in [-0.2, -0.15) is 0 Å². The summed E-state index contributed by atoms with van der Waals surface area (Å²) in [6.45, 7) is 10.8. The van der Waals surface area contributed by atoms with E-state index in [1.165, 1.54) is 23.1 Å². The number of ether oxygens (including phenoxy) is 1. The molecule has 2 heteroatoms. The molecule has 1 aliphatic heterocycles. The first-order valence-corrected chi connectivity index (χ1v) is 7.55. The highest BCUT2D eigenvalue weighted by Crippen LogP contribution is 2.34. The second kappa shape index (κ2) is 6.53. The number of aryl methyl sites for hydroxylation is 2. The van der Waals surface area contributed by atoms with Gasteiger partial charge in [-0.05, 0) is 51.3 Å². The van der Waals surface area contributed by atoms with Gasteiger partial charge < -0.3 is 10.1 Å². The minimum atomic E-state index is 0.357. The Balaban J connectivity index is 2.25. The van der Waals surface area contributed by atoms with Crippen LogP contribution in [0.3, 0.4) is 0 Å².